The molecule has 118 valence electrons. The van der Waals surface area contributed by atoms with Crippen molar-refractivity contribution in [2.45, 2.75) is 25.3 Å². The van der Waals surface area contributed by atoms with E-state index < -0.39 is 0 Å². The molecule has 1 fully saturated rings. The number of nitrogens with one attached hydrogen (secondary N) is 2. The molecule has 0 bridgehead atoms. The first-order valence-electron chi connectivity index (χ1n) is 6.82. The summed E-state index contributed by atoms with van der Waals surface area (Å²) >= 11 is 1.32. The molecular formula is C14H16ClFN4OS. The lowest BCUT2D eigenvalue weighted by Gasteiger charge is -2.07. The van der Waals surface area contributed by atoms with Crippen LogP contribution < -0.4 is 10.6 Å². The first-order valence-corrected chi connectivity index (χ1v) is 7.63. The zero-order chi connectivity index (χ0) is 14.7. The lowest BCUT2D eigenvalue weighted by molar-refractivity contribution is -0.117. The molecule has 1 atom stereocenters. The predicted molar refractivity (Wildman–Crippen MR) is 86.0 cm³/mol. The van der Waals surface area contributed by atoms with Gasteiger partial charge in [-0.15, -0.1) is 22.6 Å². The summed E-state index contributed by atoms with van der Waals surface area (Å²) in [6, 6.07) is 6.25. The SMILES string of the molecule is Cl.O=C(Nc1nnc(Cc2cccc(F)c2)s1)C1CCCN1. The number of nitrogens with zero attached hydrogens (tertiary/aromatic N) is 2. The molecule has 1 saturated heterocycles. The fourth-order valence-corrected chi connectivity index (χ4v) is 3.07. The number of anilines is 1. The zero-order valence-electron chi connectivity index (χ0n) is 11.7. The van der Waals surface area contributed by atoms with Crippen LogP contribution in [0.3, 0.4) is 0 Å². The highest BCUT2D eigenvalue weighted by molar-refractivity contribution is 7.15. The van der Waals surface area contributed by atoms with Crippen molar-refractivity contribution in [3.05, 3.63) is 40.7 Å². The third kappa shape index (κ3) is 4.22. The minimum absolute atomic E-state index is 0. The molecule has 1 aromatic heterocycles. The van der Waals surface area contributed by atoms with Crippen molar-refractivity contribution in [3.63, 3.8) is 0 Å². The van der Waals surface area contributed by atoms with E-state index in [-0.39, 0.29) is 30.2 Å². The summed E-state index contributed by atoms with van der Waals surface area (Å²) < 4.78 is 13.1. The van der Waals surface area contributed by atoms with Crippen molar-refractivity contribution in [3.8, 4) is 0 Å². The Morgan fingerprint density at radius 2 is 2.32 bits per heavy atom. The quantitative estimate of drug-likeness (QED) is 0.895. The lowest BCUT2D eigenvalue weighted by Crippen LogP contribution is -2.35. The smallest absolute Gasteiger partial charge is 0.243 e. The fourth-order valence-electron chi connectivity index (χ4n) is 2.30. The Balaban J connectivity index is 0.00000176. The van der Waals surface area contributed by atoms with Gasteiger partial charge in [0.2, 0.25) is 11.0 Å². The number of rotatable bonds is 4. The predicted octanol–water partition coefficient (Wildman–Crippen LogP) is 2.38. The molecule has 1 unspecified atom stereocenters. The van der Waals surface area contributed by atoms with Crippen LogP contribution in [0, 0.1) is 5.82 Å². The summed E-state index contributed by atoms with van der Waals surface area (Å²) in [5.74, 6) is -0.334. The number of aromatic nitrogens is 2. The molecule has 3 rings (SSSR count). The number of amides is 1. The maximum Gasteiger partial charge on any atom is 0.243 e. The van der Waals surface area contributed by atoms with Gasteiger partial charge in [0, 0.05) is 6.42 Å². The molecule has 0 spiro atoms. The molecule has 2 aromatic rings. The maximum atomic E-state index is 13.1. The van der Waals surface area contributed by atoms with Gasteiger partial charge in [-0.25, -0.2) is 4.39 Å². The number of benzene rings is 1. The molecule has 0 aliphatic carbocycles. The van der Waals surface area contributed by atoms with Gasteiger partial charge in [0.05, 0.1) is 6.04 Å². The van der Waals surface area contributed by atoms with E-state index in [0.29, 0.717) is 11.6 Å². The van der Waals surface area contributed by atoms with Crippen LogP contribution in [0.4, 0.5) is 9.52 Å². The Morgan fingerprint density at radius 3 is 3.05 bits per heavy atom. The van der Waals surface area contributed by atoms with Gasteiger partial charge >= 0.3 is 0 Å². The average Bonchev–Trinajstić information content (AvgIpc) is 3.10. The van der Waals surface area contributed by atoms with Gasteiger partial charge in [0.1, 0.15) is 10.8 Å². The molecule has 1 aliphatic rings. The van der Waals surface area contributed by atoms with E-state index in [0.717, 1.165) is 30.0 Å². The van der Waals surface area contributed by atoms with E-state index in [2.05, 4.69) is 20.8 Å². The second-order valence-corrected chi connectivity index (χ2v) is 6.01. The van der Waals surface area contributed by atoms with Gasteiger partial charge in [-0.3, -0.25) is 10.1 Å². The summed E-state index contributed by atoms with van der Waals surface area (Å²) in [6.45, 7) is 0.874. The molecule has 1 aliphatic heterocycles. The van der Waals surface area contributed by atoms with E-state index in [1.165, 1.54) is 23.5 Å². The van der Waals surface area contributed by atoms with Crippen LogP contribution in [-0.2, 0) is 11.2 Å². The van der Waals surface area contributed by atoms with Gasteiger partial charge in [0.25, 0.3) is 0 Å². The van der Waals surface area contributed by atoms with Gasteiger partial charge in [0.15, 0.2) is 0 Å². The second-order valence-electron chi connectivity index (χ2n) is 4.95. The van der Waals surface area contributed by atoms with Crippen molar-refractivity contribution in [1.82, 2.24) is 15.5 Å². The molecule has 22 heavy (non-hydrogen) atoms. The van der Waals surface area contributed by atoms with E-state index in [1.807, 2.05) is 6.07 Å². The first-order chi connectivity index (χ1) is 10.2. The second kappa shape index (κ2) is 7.62. The van der Waals surface area contributed by atoms with E-state index in [9.17, 15) is 9.18 Å². The molecule has 5 nitrogen and oxygen atoms in total. The third-order valence-electron chi connectivity index (χ3n) is 3.32. The van der Waals surface area contributed by atoms with Crippen molar-refractivity contribution in [2.24, 2.45) is 0 Å². The maximum absolute atomic E-state index is 13.1. The highest BCUT2D eigenvalue weighted by Crippen LogP contribution is 2.19. The van der Waals surface area contributed by atoms with Crippen LogP contribution >= 0.6 is 23.7 Å². The third-order valence-corrected chi connectivity index (χ3v) is 4.16. The Hall–Kier alpha value is -1.57. The number of halogens is 2. The molecular weight excluding hydrogens is 327 g/mol. The summed E-state index contributed by atoms with van der Waals surface area (Å²) in [5.41, 5.74) is 0.835. The Bertz CT molecular complexity index is 645. The van der Waals surface area contributed by atoms with E-state index in [4.69, 9.17) is 0 Å². The van der Waals surface area contributed by atoms with E-state index in [1.54, 1.807) is 6.07 Å². The van der Waals surface area contributed by atoms with Crippen LogP contribution in [0.15, 0.2) is 24.3 Å². The summed E-state index contributed by atoms with van der Waals surface area (Å²) in [7, 11) is 0. The Morgan fingerprint density at radius 1 is 1.45 bits per heavy atom. The highest BCUT2D eigenvalue weighted by Gasteiger charge is 2.22. The monoisotopic (exact) mass is 342 g/mol. The summed E-state index contributed by atoms with van der Waals surface area (Å²) in [5, 5.41) is 15.1. The minimum Gasteiger partial charge on any atom is -0.306 e. The molecule has 8 heteroatoms. The number of hydrogen-bond acceptors (Lipinski definition) is 5. The standard InChI is InChI=1S/C14H15FN4OS.ClH/c15-10-4-1-3-9(7-10)8-12-18-19-14(21-12)17-13(20)11-5-2-6-16-11;/h1,3-4,7,11,16H,2,5-6,8H2,(H,17,19,20);1H. The normalized spacial score (nSPS) is 17.0. The fraction of sp³-hybridized carbons (Fsp3) is 0.357. The first kappa shape index (κ1) is 16.8. The minimum atomic E-state index is -0.266. The largest absolute Gasteiger partial charge is 0.306 e. The van der Waals surface area contributed by atoms with Crippen LogP contribution in [0.5, 0.6) is 0 Å². The van der Waals surface area contributed by atoms with Crippen LogP contribution in [0.2, 0.25) is 0 Å². The lowest BCUT2D eigenvalue weighted by atomic mass is 10.1. The van der Waals surface area contributed by atoms with E-state index >= 15 is 0 Å². The van der Waals surface area contributed by atoms with Crippen LogP contribution in [0.1, 0.15) is 23.4 Å². The molecule has 0 radical (unpaired) electrons. The van der Waals surface area contributed by atoms with Gasteiger partial charge in [-0.2, -0.15) is 0 Å². The van der Waals surface area contributed by atoms with Crippen molar-refractivity contribution in [1.29, 1.82) is 0 Å². The topological polar surface area (TPSA) is 66.9 Å². The number of carbonyl (C=O) groups excluding carboxylic acids is 1. The van der Waals surface area contributed by atoms with Crippen LogP contribution in [0.25, 0.3) is 0 Å². The summed E-state index contributed by atoms with van der Waals surface area (Å²) in [4.78, 5) is 11.9. The van der Waals surface area contributed by atoms with Crippen molar-refractivity contribution >= 4 is 34.8 Å². The van der Waals surface area contributed by atoms with Gasteiger partial charge < -0.3 is 5.32 Å². The molecule has 2 N–H and O–H groups in total. The van der Waals surface area contributed by atoms with Crippen molar-refractivity contribution < 1.29 is 9.18 Å². The Kier molecular flexibility index (Phi) is 5.82. The molecule has 2 heterocycles. The average molecular weight is 343 g/mol. The molecule has 0 saturated carbocycles. The highest BCUT2D eigenvalue weighted by atomic mass is 35.5. The van der Waals surface area contributed by atoms with Gasteiger partial charge in [-0.1, -0.05) is 23.5 Å². The van der Waals surface area contributed by atoms with Crippen molar-refractivity contribution in [2.75, 3.05) is 11.9 Å². The molecule has 1 aromatic carbocycles. The number of carbonyl (C=O) groups is 1. The summed E-state index contributed by atoms with van der Waals surface area (Å²) in [6.07, 6.45) is 2.37. The van der Waals surface area contributed by atoms with Crippen LogP contribution in [-0.4, -0.2) is 28.7 Å². The Labute approximate surface area is 137 Å². The molecule has 1 amide bonds. The number of hydrogen-bond donors (Lipinski definition) is 2. The van der Waals surface area contributed by atoms with Gasteiger partial charge in [-0.05, 0) is 37.1 Å². The zero-order valence-corrected chi connectivity index (χ0v) is 13.3.